The van der Waals surface area contributed by atoms with E-state index in [0.29, 0.717) is 17.1 Å². The number of halogens is 1. The lowest BCUT2D eigenvalue weighted by Gasteiger charge is -2.28. The van der Waals surface area contributed by atoms with Crippen LogP contribution in [0.25, 0.3) is 0 Å². The Morgan fingerprint density at radius 2 is 1.71 bits per heavy atom. The van der Waals surface area contributed by atoms with Gasteiger partial charge in [-0.3, -0.25) is 4.79 Å². The van der Waals surface area contributed by atoms with Gasteiger partial charge in [0.05, 0.1) is 17.2 Å². The maximum Gasteiger partial charge on any atom is 0.328 e. The fourth-order valence-electron chi connectivity index (χ4n) is 2.34. The van der Waals surface area contributed by atoms with Crippen molar-refractivity contribution in [1.29, 1.82) is 0 Å². The summed E-state index contributed by atoms with van der Waals surface area (Å²) < 4.78 is 5.07. The van der Waals surface area contributed by atoms with Gasteiger partial charge in [0.15, 0.2) is 0 Å². The zero-order chi connectivity index (χ0) is 17.5. The van der Waals surface area contributed by atoms with E-state index in [0.717, 1.165) is 5.56 Å². The molecule has 2 aromatic rings. The second kappa shape index (κ2) is 8.50. The minimum Gasteiger partial charge on any atom is -0.464 e. The van der Waals surface area contributed by atoms with Crippen molar-refractivity contribution in [3.05, 3.63) is 70.7 Å². The molecule has 0 spiro atoms. The Hall–Kier alpha value is -2.33. The topological polar surface area (TPSA) is 46.6 Å². The summed E-state index contributed by atoms with van der Waals surface area (Å²) in [7, 11) is 0. The quantitative estimate of drug-likeness (QED) is 0.745. The van der Waals surface area contributed by atoms with Crippen LogP contribution in [0.2, 0.25) is 5.02 Å². The van der Waals surface area contributed by atoms with E-state index >= 15 is 0 Å². The predicted octanol–water partition coefficient (Wildman–Crippen LogP) is 3.93. The molecule has 1 atom stereocenters. The van der Waals surface area contributed by atoms with Crippen molar-refractivity contribution < 1.29 is 14.3 Å². The van der Waals surface area contributed by atoms with Gasteiger partial charge in [-0.05, 0) is 31.5 Å². The first-order chi connectivity index (χ1) is 11.5. The molecule has 2 rings (SSSR count). The summed E-state index contributed by atoms with van der Waals surface area (Å²) in [4.78, 5) is 26.6. The first-order valence-corrected chi connectivity index (χ1v) is 8.18. The molecule has 0 heterocycles. The van der Waals surface area contributed by atoms with Crippen LogP contribution in [-0.2, 0) is 16.1 Å². The molecule has 0 bridgehead atoms. The number of carbonyl (C=O) groups is 2. The Balaban J connectivity index is 2.33. The van der Waals surface area contributed by atoms with Crippen molar-refractivity contribution in [2.45, 2.75) is 26.4 Å². The van der Waals surface area contributed by atoms with Crippen LogP contribution in [0.4, 0.5) is 0 Å². The second-order valence-corrected chi connectivity index (χ2v) is 5.73. The van der Waals surface area contributed by atoms with Gasteiger partial charge in [-0.15, -0.1) is 0 Å². The lowest BCUT2D eigenvalue weighted by molar-refractivity contribution is -0.148. The lowest BCUT2D eigenvalue weighted by atomic mass is 10.1. The third-order valence-corrected chi connectivity index (χ3v) is 3.99. The van der Waals surface area contributed by atoms with Crippen LogP contribution in [0.3, 0.4) is 0 Å². The number of esters is 1. The lowest BCUT2D eigenvalue weighted by Crippen LogP contribution is -2.43. The van der Waals surface area contributed by atoms with E-state index in [1.165, 1.54) is 4.90 Å². The SMILES string of the molecule is CCOC(=O)C(C)N(Cc1ccccc1)C(=O)c1ccccc1Cl. The van der Waals surface area contributed by atoms with E-state index in [4.69, 9.17) is 16.3 Å². The zero-order valence-corrected chi connectivity index (χ0v) is 14.5. The fraction of sp³-hybridized carbons (Fsp3) is 0.263. The smallest absolute Gasteiger partial charge is 0.328 e. The molecule has 1 unspecified atom stereocenters. The highest BCUT2D eigenvalue weighted by Crippen LogP contribution is 2.20. The highest BCUT2D eigenvalue weighted by atomic mass is 35.5. The van der Waals surface area contributed by atoms with Crippen LogP contribution in [0, 0.1) is 0 Å². The van der Waals surface area contributed by atoms with Crippen LogP contribution in [0.5, 0.6) is 0 Å². The highest BCUT2D eigenvalue weighted by molar-refractivity contribution is 6.33. The molecule has 0 saturated carbocycles. The Morgan fingerprint density at radius 1 is 1.08 bits per heavy atom. The Bertz CT molecular complexity index is 703. The minimum atomic E-state index is -0.714. The number of ether oxygens (including phenoxy) is 1. The average molecular weight is 346 g/mol. The van der Waals surface area contributed by atoms with Gasteiger partial charge in [-0.25, -0.2) is 4.79 Å². The number of hydrogen-bond donors (Lipinski definition) is 0. The summed E-state index contributed by atoms with van der Waals surface area (Å²) in [6.07, 6.45) is 0. The van der Waals surface area contributed by atoms with E-state index < -0.39 is 12.0 Å². The largest absolute Gasteiger partial charge is 0.464 e. The second-order valence-electron chi connectivity index (χ2n) is 5.33. The van der Waals surface area contributed by atoms with Crippen LogP contribution in [0.15, 0.2) is 54.6 Å². The monoisotopic (exact) mass is 345 g/mol. The van der Waals surface area contributed by atoms with Crippen LogP contribution < -0.4 is 0 Å². The van der Waals surface area contributed by atoms with E-state index in [9.17, 15) is 9.59 Å². The van der Waals surface area contributed by atoms with Gasteiger partial charge in [-0.1, -0.05) is 54.1 Å². The molecular formula is C19H20ClNO3. The van der Waals surface area contributed by atoms with Gasteiger partial charge in [0.1, 0.15) is 6.04 Å². The summed E-state index contributed by atoms with van der Waals surface area (Å²) in [5.41, 5.74) is 1.29. The standard InChI is InChI=1S/C19H20ClNO3/c1-3-24-19(23)14(2)21(13-15-9-5-4-6-10-15)18(22)16-11-7-8-12-17(16)20/h4-12,14H,3,13H2,1-2H3. The van der Waals surface area contributed by atoms with Crippen molar-refractivity contribution in [1.82, 2.24) is 4.90 Å². The van der Waals surface area contributed by atoms with Crippen molar-refractivity contribution in [2.75, 3.05) is 6.61 Å². The molecule has 5 heteroatoms. The molecule has 0 aliphatic carbocycles. The fourth-order valence-corrected chi connectivity index (χ4v) is 2.56. The van der Waals surface area contributed by atoms with Gasteiger partial charge in [-0.2, -0.15) is 0 Å². The first-order valence-electron chi connectivity index (χ1n) is 7.80. The Morgan fingerprint density at radius 3 is 2.33 bits per heavy atom. The number of amides is 1. The van der Waals surface area contributed by atoms with Crippen molar-refractivity contribution >= 4 is 23.5 Å². The number of hydrogen-bond acceptors (Lipinski definition) is 3. The van der Waals surface area contributed by atoms with E-state index in [-0.39, 0.29) is 12.5 Å². The molecule has 1 amide bonds. The number of carbonyl (C=O) groups excluding carboxylic acids is 2. The molecule has 0 saturated heterocycles. The normalized spacial score (nSPS) is 11.6. The molecule has 0 aliphatic heterocycles. The van der Waals surface area contributed by atoms with Crippen molar-refractivity contribution in [3.63, 3.8) is 0 Å². The van der Waals surface area contributed by atoms with Crippen molar-refractivity contribution in [2.24, 2.45) is 0 Å². The molecule has 0 aromatic heterocycles. The molecule has 2 aromatic carbocycles. The number of benzene rings is 2. The van der Waals surface area contributed by atoms with Gasteiger partial charge in [0.2, 0.25) is 0 Å². The van der Waals surface area contributed by atoms with Gasteiger partial charge < -0.3 is 9.64 Å². The summed E-state index contributed by atoms with van der Waals surface area (Å²) in [5, 5.41) is 0.358. The van der Waals surface area contributed by atoms with Gasteiger partial charge in [0.25, 0.3) is 5.91 Å². The van der Waals surface area contributed by atoms with Crippen LogP contribution in [-0.4, -0.2) is 29.4 Å². The van der Waals surface area contributed by atoms with Gasteiger partial charge >= 0.3 is 5.97 Å². The molecule has 4 nitrogen and oxygen atoms in total. The summed E-state index contributed by atoms with van der Waals surface area (Å²) in [5.74, 6) is -0.737. The molecule has 24 heavy (non-hydrogen) atoms. The summed E-state index contributed by atoms with van der Waals surface area (Å²) in [6, 6.07) is 15.6. The molecule has 0 fully saturated rings. The van der Waals surface area contributed by atoms with Gasteiger partial charge in [0, 0.05) is 6.54 Å². The molecular weight excluding hydrogens is 326 g/mol. The van der Waals surface area contributed by atoms with Crippen molar-refractivity contribution in [3.8, 4) is 0 Å². The minimum absolute atomic E-state index is 0.267. The third kappa shape index (κ3) is 4.36. The molecule has 0 radical (unpaired) electrons. The maximum atomic E-state index is 13.0. The van der Waals surface area contributed by atoms with Crippen LogP contribution >= 0.6 is 11.6 Å². The number of nitrogens with zero attached hydrogens (tertiary/aromatic N) is 1. The summed E-state index contributed by atoms with van der Waals surface area (Å²) >= 11 is 6.15. The maximum absolute atomic E-state index is 13.0. The Kier molecular flexibility index (Phi) is 6.38. The summed E-state index contributed by atoms with van der Waals surface area (Å²) in [6.45, 7) is 3.96. The van der Waals surface area contributed by atoms with E-state index in [2.05, 4.69) is 0 Å². The number of rotatable bonds is 6. The van der Waals surface area contributed by atoms with E-state index in [1.807, 2.05) is 30.3 Å². The van der Waals surface area contributed by atoms with Crippen LogP contribution in [0.1, 0.15) is 29.8 Å². The zero-order valence-electron chi connectivity index (χ0n) is 13.7. The highest BCUT2D eigenvalue weighted by Gasteiger charge is 2.28. The average Bonchev–Trinajstić information content (AvgIpc) is 2.60. The molecule has 126 valence electrons. The predicted molar refractivity (Wildman–Crippen MR) is 93.9 cm³/mol. The molecule has 0 N–H and O–H groups in total. The third-order valence-electron chi connectivity index (χ3n) is 3.66. The van der Waals surface area contributed by atoms with E-state index in [1.54, 1.807) is 38.1 Å². The molecule has 0 aliphatic rings. The first kappa shape index (κ1) is 18.0. The Labute approximate surface area is 147 Å².